The summed E-state index contributed by atoms with van der Waals surface area (Å²) in [6.45, 7) is 0.417. The number of rotatable bonds is 2. The van der Waals surface area contributed by atoms with Gasteiger partial charge in [0.15, 0.2) is 0 Å². The van der Waals surface area contributed by atoms with Crippen molar-refractivity contribution in [1.82, 2.24) is 0 Å². The van der Waals surface area contributed by atoms with Gasteiger partial charge in [-0.25, -0.2) is 4.99 Å². The normalized spacial score (nSPS) is 13.2. The smallest absolute Gasteiger partial charge is 0.147 e. The Morgan fingerprint density at radius 3 is 3.00 bits per heavy atom. The first-order valence-electron chi connectivity index (χ1n) is 6.25. The lowest BCUT2D eigenvalue weighted by molar-refractivity contribution is 0.372. The number of nitrogens with two attached hydrogens (primary N) is 1. The fraction of sp³-hybridized carbons (Fsp3) is 0.133. The van der Waals surface area contributed by atoms with Crippen molar-refractivity contribution in [2.75, 3.05) is 23.9 Å². The fourth-order valence-electron chi connectivity index (χ4n) is 1.99. The molecule has 0 aliphatic carbocycles. The minimum Gasteiger partial charge on any atom is -0.483 e. The van der Waals surface area contributed by atoms with Crippen LogP contribution in [0.5, 0.6) is 5.75 Å². The fourth-order valence-corrected chi connectivity index (χ4v) is 2.45. The van der Waals surface area contributed by atoms with Gasteiger partial charge in [-0.3, -0.25) is 0 Å². The Hall–Kier alpha value is -2.14. The second-order valence-corrected chi connectivity index (χ2v) is 5.31. The summed E-state index contributed by atoms with van der Waals surface area (Å²) < 4.78 is 5.67. The van der Waals surface area contributed by atoms with Gasteiger partial charge < -0.3 is 15.8 Å². The van der Waals surface area contributed by atoms with Crippen molar-refractivity contribution in [3.8, 4) is 5.75 Å². The average molecular weight is 285 g/mol. The molecule has 102 valence electrons. The van der Waals surface area contributed by atoms with Gasteiger partial charge in [0.1, 0.15) is 23.9 Å². The molecule has 0 radical (unpaired) electrons. The molecule has 0 saturated heterocycles. The number of anilines is 2. The van der Waals surface area contributed by atoms with Crippen LogP contribution in [0.25, 0.3) is 0 Å². The molecular formula is C15H15N3OS. The number of fused-ring (bicyclic) bond motifs is 1. The Morgan fingerprint density at radius 1 is 1.25 bits per heavy atom. The maximum Gasteiger partial charge on any atom is 0.147 e. The van der Waals surface area contributed by atoms with Crippen molar-refractivity contribution in [2.24, 2.45) is 4.99 Å². The number of nitrogens with one attached hydrogen (secondary N) is 1. The van der Waals surface area contributed by atoms with E-state index in [1.165, 1.54) is 4.90 Å². The van der Waals surface area contributed by atoms with E-state index in [0.717, 1.165) is 23.0 Å². The Bertz CT molecular complexity index is 670. The number of nitrogen functional groups attached to an aromatic ring is 1. The summed E-state index contributed by atoms with van der Waals surface area (Å²) in [5.74, 6) is 1.52. The molecule has 2 aromatic carbocycles. The number of amidine groups is 1. The first kappa shape index (κ1) is 12.9. The van der Waals surface area contributed by atoms with Crippen molar-refractivity contribution in [1.29, 1.82) is 0 Å². The van der Waals surface area contributed by atoms with E-state index in [4.69, 9.17) is 10.5 Å². The van der Waals surface area contributed by atoms with Crippen LogP contribution in [0, 0.1) is 0 Å². The molecular weight excluding hydrogens is 270 g/mol. The topological polar surface area (TPSA) is 59.6 Å². The molecule has 0 unspecified atom stereocenters. The van der Waals surface area contributed by atoms with E-state index in [9.17, 15) is 0 Å². The minimum atomic E-state index is 0.417. The maximum absolute atomic E-state index is 5.73. The van der Waals surface area contributed by atoms with Crippen LogP contribution in [0.3, 0.4) is 0 Å². The van der Waals surface area contributed by atoms with E-state index in [-0.39, 0.29) is 0 Å². The van der Waals surface area contributed by atoms with Crippen LogP contribution in [0.15, 0.2) is 52.4 Å². The van der Waals surface area contributed by atoms with Gasteiger partial charge in [-0.1, -0.05) is 6.07 Å². The molecule has 1 aliphatic rings. The molecule has 0 spiro atoms. The standard InChI is InChI=1S/C15H15N3OS/c1-20-12-4-2-3-11(8-12)17-15-9-19-14-7-10(16)5-6-13(14)18-15/h2-8H,9,16H2,1H3,(H,17,18). The highest BCUT2D eigenvalue weighted by Crippen LogP contribution is 2.32. The SMILES string of the molecule is CSc1cccc(NC2=Nc3ccc(N)cc3OC2)c1. The molecule has 3 N–H and O–H groups in total. The van der Waals surface area contributed by atoms with E-state index >= 15 is 0 Å². The number of nitrogens with zero attached hydrogens (tertiary/aromatic N) is 1. The van der Waals surface area contributed by atoms with E-state index in [1.807, 2.05) is 24.3 Å². The van der Waals surface area contributed by atoms with E-state index < -0.39 is 0 Å². The zero-order chi connectivity index (χ0) is 13.9. The molecule has 20 heavy (non-hydrogen) atoms. The van der Waals surface area contributed by atoms with Gasteiger partial charge in [0, 0.05) is 22.3 Å². The summed E-state index contributed by atoms with van der Waals surface area (Å²) in [5.41, 5.74) is 8.22. The molecule has 5 heteroatoms. The van der Waals surface area contributed by atoms with Gasteiger partial charge in [-0.2, -0.15) is 0 Å². The van der Waals surface area contributed by atoms with Gasteiger partial charge in [0.05, 0.1) is 0 Å². The highest BCUT2D eigenvalue weighted by atomic mass is 32.2. The number of thioether (sulfide) groups is 1. The largest absolute Gasteiger partial charge is 0.483 e. The molecule has 0 atom stereocenters. The Morgan fingerprint density at radius 2 is 2.15 bits per heavy atom. The van der Waals surface area contributed by atoms with Gasteiger partial charge in [0.25, 0.3) is 0 Å². The lowest BCUT2D eigenvalue weighted by atomic mass is 10.2. The Kier molecular flexibility index (Phi) is 3.52. The van der Waals surface area contributed by atoms with Crippen molar-refractivity contribution in [3.63, 3.8) is 0 Å². The molecule has 0 saturated carbocycles. The third kappa shape index (κ3) is 2.72. The van der Waals surface area contributed by atoms with Gasteiger partial charge in [0.2, 0.25) is 0 Å². The zero-order valence-electron chi connectivity index (χ0n) is 11.1. The molecule has 4 nitrogen and oxygen atoms in total. The van der Waals surface area contributed by atoms with E-state index in [1.54, 1.807) is 17.8 Å². The zero-order valence-corrected chi connectivity index (χ0v) is 11.9. The summed E-state index contributed by atoms with van der Waals surface area (Å²) in [4.78, 5) is 5.76. The third-order valence-corrected chi connectivity index (χ3v) is 3.69. The minimum absolute atomic E-state index is 0.417. The summed E-state index contributed by atoms with van der Waals surface area (Å²) >= 11 is 1.71. The summed E-state index contributed by atoms with van der Waals surface area (Å²) in [5, 5.41) is 3.29. The summed E-state index contributed by atoms with van der Waals surface area (Å²) in [6.07, 6.45) is 2.06. The lowest BCUT2D eigenvalue weighted by Gasteiger charge is -2.18. The summed E-state index contributed by atoms with van der Waals surface area (Å²) in [6, 6.07) is 13.7. The molecule has 2 aromatic rings. The third-order valence-electron chi connectivity index (χ3n) is 2.96. The number of aliphatic imine (C=N–C) groups is 1. The molecule has 1 heterocycles. The maximum atomic E-state index is 5.73. The molecule has 0 aromatic heterocycles. The predicted octanol–water partition coefficient (Wildman–Crippen LogP) is 3.53. The Labute approximate surface area is 122 Å². The predicted molar refractivity (Wildman–Crippen MR) is 85.3 cm³/mol. The number of benzene rings is 2. The average Bonchev–Trinajstić information content (AvgIpc) is 2.47. The molecule has 3 rings (SSSR count). The Balaban J connectivity index is 1.83. The lowest BCUT2D eigenvalue weighted by Crippen LogP contribution is -2.23. The van der Waals surface area contributed by atoms with Crippen molar-refractivity contribution < 1.29 is 4.74 Å². The second-order valence-electron chi connectivity index (χ2n) is 4.43. The molecule has 1 aliphatic heterocycles. The number of hydrogen-bond acceptors (Lipinski definition) is 5. The van der Waals surface area contributed by atoms with E-state index in [0.29, 0.717) is 12.3 Å². The molecule has 0 bridgehead atoms. The highest BCUT2D eigenvalue weighted by Gasteiger charge is 2.13. The van der Waals surface area contributed by atoms with E-state index in [2.05, 4.69) is 28.7 Å². The monoisotopic (exact) mass is 285 g/mol. The van der Waals surface area contributed by atoms with Crippen LogP contribution < -0.4 is 15.8 Å². The van der Waals surface area contributed by atoms with Crippen LogP contribution >= 0.6 is 11.8 Å². The summed E-state index contributed by atoms with van der Waals surface area (Å²) in [7, 11) is 0. The van der Waals surface area contributed by atoms with Gasteiger partial charge >= 0.3 is 0 Å². The molecule has 0 fully saturated rings. The first-order chi connectivity index (χ1) is 9.74. The van der Waals surface area contributed by atoms with Crippen LogP contribution in [0.4, 0.5) is 17.1 Å². The van der Waals surface area contributed by atoms with Crippen molar-refractivity contribution >= 4 is 34.7 Å². The molecule has 0 amide bonds. The van der Waals surface area contributed by atoms with Crippen molar-refractivity contribution in [2.45, 2.75) is 4.90 Å². The quantitative estimate of drug-likeness (QED) is 0.654. The van der Waals surface area contributed by atoms with Crippen LogP contribution in [0.1, 0.15) is 0 Å². The highest BCUT2D eigenvalue weighted by molar-refractivity contribution is 7.98. The first-order valence-corrected chi connectivity index (χ1v) is 7.48. The van der Waals surface area contributed by atoms with Crippen LogP contribution in [-0.4, -0.2) is 18.7 Å². The number of ether oxygens (including phenoxy) is 1. The van der Waals surface area contributed by atoms with Crippen molar-refractivity contribution in [3.05, 3.63) is 42.5 Å². The second kappa shape index (κ2) is 5.46. The van der Waals surface area contributed by atoms with Gasteiger partial charge in [-0.15, -0.1) is 11.8 Å². The number of hydrogen-bond donors (Lipinski definition) is 2. The van der Waals surface area contributed by atoms with Crippen LogP contribution in [0.2, 0.25) is 0 Å². The van der Waals surface area contributed by atoms with Crippen LogP contribution in [-0.2, 0) is 0 Å². The van der Waals surface area contributed by atoms with Gasteiger partial charge in [-0.05, 0) is 36.6 Å².